The van der Waals surface area contributed by atoms with Crippen LogP contribution in [0.15, 0.2) is 24.3 Å². The van der Waals surface area contributed by atoms with Crippen LogP contribution in [0.25, 0.3) is 0 Å². The molecule has 0 radical (unpaired) electrons. The molecule has 56 heavy (non-hydrogen) atoms. The molecule has 1 fully saturated rings. The number of aliphatic hydroxyl groups is 3. The fourth-order valence-electron chi connectivity index (χ4n) is 6.55. The highest BCUT2D eigenvalue weighted by Crippen LogP contribution is 2.24. The van der Waals surface area contributed by atoms with E-state index in [1.165, 1.54) is 96.3 Å². The number of rotatable bonds is 36. The van der Waals surface area contributed by atoms with Crippen molar-refractivity contribution in [2.75, 3.05) is 19.0 Å². The Morgan fingerprint density at radius 1 is 0.589 bits per heavy atom. The second-order valence-electron chi connectivity index (χ2n) is 15.4. The highest BCUT2D eigenvalue weighted by Gasteiger charge is 2.46. The molecule has 328 valence electrons. The van der Waals surface area contributed by atoms with Gasteiger partial charge >= 0.3 is 11.9 Å². The predicted octanol–water partition coefficient (Wildman–Crippen LogP) is 8.45. The smallest absolute Gasteiger partial charge is 0.306 e. The average Bonchev–Trinajstić information content (AvgIpc) is 3.16. The lowest BCUT2D eigenvalue weighted by atomic mass is 10.00. The largest absolute Gasteiger partial charge is 0.462 e. The van der Waals surface area contributed by atoms with E-state index >= 15 is 0 Å². The average molecular weight is 819 g/mol. The Balaban J connectivity index is 2.49. The molecule has 0 aromatic rings. The lowest BCUT2D eigenvalue weighted by molar-refractivity contribution is -0.297. The number of allylic oxidation sites excluding steroid dienone is 4. The molecule has 0 aromatic heterocycles. The minimum atomic E-state index is -4.60. The molecule has 0 bridgehead atoms. The lowest BCUT2D eigenvalue weighted by Gasteiger charge is -2.40. The molecule has 1 aliphatic rings. The van der Waals surface area contributed by atoms with Crippen molar-refractivity contribution >= 4 is 22.1 Å². The summed E-state index contributed by atoms with van der Waals surface area (Å²) in [5, 5.41) is 30.8. The van der Waals surface area contributed by atoms with E-state index in [-0.39, 0.29) is 19.4 Å². The highest BCUT2D eigenvalue weighted by atomic mass is 32.2. The van der Waals surface area contributed by atoms with E-state index in [0.717, 1.165) is 44.9 Å². The summed E-state index contributed by atoms with van der Waals surface area (Å²) in [5.74, 6) is -2.03. The first-order valence-corrected chi connectivity index (χ1v) is 23.5. The highest BCUT2D eigenvalue weighted by molar-refractivity contribution is 7.85. The lowest BCUT2D eigenvalue weighted by Crippen LogP contribution is -2.60. The quantitative estimate of drug-likeness (QED) is 0.0205. The zero-order valence-corrected chi connectivity index (χ0v) is 35.6. The van der Waals surface area contributed by atoms with Gasteiger partial charge in [0.05, 0.1) is 6.61 Å². The zero-order chi connectivity index (χ0) is 41.3. The summed E-state index contributed by atoms with van der Waals surface area (Å²) in [6.45, 7) is 3.71. The van der Waals surface area contributed by atoms with Crippen LogP contribution in [0, 0.1) is 0 Å². The number of hydrogen-bond acceptors (Lipinski definition) is 11. The fourth-order valence-corrected chi connectivity index (χ4v) is 7.24. The Kier molecular flexibility index (Phi) is 31.7. The van der Waals surface area contributed by atoms with Crippen molar-refractivity contribution in [2.45, 2.75) is 218 Å². The number of carbonyl (C=O) groups excluding carboxylic acids is 2. The normalized spacial score (nSPS) is 20.9. The van der Waals surface area contributed by atoms with Gasteiger partial charge in [0.15, 0.2) is 12.4 Å². The first-order valence-electron chi connectivity index (χ1n) is 21.9. The molecule has 0 aliphatic carbocycles. The van der Waals surface area contributed by atoms with Gasteiger partial charge in [0.1, 0.15) is 36.8 Å². The molecule has 1 saturated heterocycles. The van der Waals surface area contributed by atoms with Crippen molar-refractivity contribution in [1.29, 1.82) is 0 Å². The number of ether oxygens (including phenoxy) is 4. The molecule has 2 unspecified atom stereocenters. The van der Waals surface area contributed by atoms with Gasteiger partial charge in [0.2, 0.25) is 0 Å². The Morgan fingerprint density at radius 2 is 1.02 bits per heavy atom. The van der Waals surface area contributed by atoms with Crippen molar-refractivity contribution in [3.8, 4) is 0 Å². The molecule has 0 saturated carbocycles. The molecule has 13 heteroatoms. The van der Waals surface area contributed by atoms with Gasteiger partial charge in [-0.2, -0.15) is 8.42 Å². The van der Waals surface area contributed by atoms with Gasteiger partial charge in [-0.3, -0.25) is 14.1 Å². The molecular formula is C43H78O12S. The summed E-state index contributed by atoms with van der Waals surface area (Å²) >= 11 is 0. The Labute approximate surface area is 338 Å². The molecule has 4 N–H and O–H groups in total. The standard InChI is InChI=1S/C43H78O12S/c1-3-5-7-9-11-13-15-17-18-20-21-23-25-27-29-31-38(44)52-33-36(34-53-43-42(48)41(47)40(46)37(55-43)35-56(49,50)51)54-39(45)32-30-28-26-24-22-19-16-14-12-10-8-6-4-2/h19,21-23,36-37,40-43,46-48H,3-18,20,24-35H2,1-2H3,(H,49,50,51)/b22-19+,23-21+/t36-,37-,40-,41?,42?,43+/m1/s1. The van der Waals surface area contributed by atoms with E-state index in [4.69, 9.17) is 18.9 Å². The molecule has 0 spiro atoms. The van der Waals surface area contributed by atoms with E-state index in [1.54, 1.807) is 0 Å². The predicted molar refractivity (Wildman–Crippen MR) is 220 cm³/mol. The number of esters is 2. The minimum Gasteiger partial charge on any atom is -0.462 e. The van der Waals surface area contributed by atoms with Crippen LogP contribution in [0.5, 0.6) is 0 Å². The van der Waals surface area contributed by atoms with Gasteiger partial charge in [-0.1, -0.05) is 128 Å². The van der Waals surface area contributed by atoms with Crippen molar-refractivity contribution in [1.82, 2.24) is 0 Å². The van der Waals surface area contributed by atoms with Crippen LogP contribution in [0.2, 0.25) is 0 Å². The maximum absolute atomic E-state index is 12.8. The van der Waals surface area contributed by atoms with E-state index in [9.17, 15) is 37.9 Å². The van der Waals surface area contributed by atoms with Gasteiger partial charge in [0.25, 0.3) is 10.1 Å². The molecule has 1 aliphatic heterocycles. The molecule has 0 aromatic carbocycles. The van der Waals surface area contributed by atoms with Crippen LogP contribution in [-0.4, -0.2) is 96.0 Å². The van der Waals surface area contributed by atoms with E-state index in [2.05, 4.69) is 38.2 Å². The molecule has 1 heterocycles. The second-order valence-corrected chi connectivity index (χ2v) is 16.9. The van der Waals surface area contributed by atoms with Gasteiger partial charge in [-0.05, 0) is 64.2 Å². The van der Waals surface area contributed by atoms with Gasteiger partial charge in [0, 0.05) is 12.8 Å². The van der Waals surface area contributed by atoms with E-state index in [1.807, 2.05) is 0 Å². The van der Waals surface area contributed by atoms with Gasteiger partial charge < -0.3 is 34.3 Å². The third-order valence-electron chi connectivity index (χ3n) is 10.0. The van der Waals surface area contributed by atoms with Crippen LogP contribution < -0.4 is 0 Å². The number of aliphatic hydroxyl groups excluding tert-OH is 3. The monoisotopic (exact) mass is 819 g/mol. The topological polar surface area (TPSA) is 186 Å². The van der Waals surface area contributed by atoms with Crippen LogP contribution in [0.4, 0.5) is 0 Å². The van der Waals surface area contributed by atoms with Crippen molar-refractivity contribution in [3.63, 3.8) is 0 Å². The summed E-state index contributed by atoms with van der Waals surface area (Å²) in [4.78, 5) is 25.3. The van der Waals surface area contributed by atoms with Crippen LogP contribution in [0.1, 0.15) is 181 Å². The summed E-state index contributed by atoms with van der Waals surface area (Å²) in [5.41, 5.74) is 0. The van der Waals surface area contributed by atoms with Gasteiger partial charge in [-0.25, -0.2) is 0 Å². The maximum Gasteiger partial charge on any atom is 0.306 e. The van der Waals surface area contributed by atoms with Crippen molar-refractivity contribution in [2.24, 2.45) is 0 Å². The maximum atomic E-state index is 12.8. The summed E-state index contributed by atoms with van der Waals surface area (Å²) in [6.07, 6.45) is 26.6. The Hall–Kier alpha value is -1.87. The van der Waals surface area contributed by atoms with Crippen molar-refractivity contribution in [3.05, 3.63) is 24.3 Å². The van der Waals surface area contributed by atoms with Crippen molar-refractivity contribution < 1.29 is 56.8 Å². The SMILES string of the molecule is CCCCCCCC/C=C/CCCCCC(=O)O[C@H](COC(=O)CCCC/C=C/CCCCCCCCCCC)CO[C@H]1O[C@H](CS(=O)(=O)O)[C@@H](O)C(O)C1O. The number of unbranched alkanes of at least 4 members (excludes halogenated alkanes) is 20. The second kappa shape index (κ2) is 34.0. The molecule has 1 rings (SSSR count). The fraction of sp³-hybridized carbons (Fsp3) is 0.860. The molecule has 12 nitrogen and oxygen atoms in total. The number of carbonyl (C=O) groups is 2. The molecule has 6 atom stereocenters. The van der Waals surface area contributed by atoms with Gasteiger partial charge in [-0.15, -0.1) is 0 Å². The van der Waals surface area contributed by atoms with Crippen LogP contribution >= 0.6 is 0 Å². The van der Waals surface area contributed by atoms with E-state index < -0.39 is 71.2 Å². The minimum absolute atomic E-state index is 0.141. The number of hydrogen-bond donors (Lipinski definition) is 4. The Bertz CT molecular complexity index is 1140. The molecule has 0 amide bonds. The summed E-state index contributed by atoms with van der Waals surface area (Å²) in [6, 6.07) is 0. The third-order valence-corrected chi connectivity index (χ3v) is 10.8. The zero-order valence-electron chi connectivity index (χ0n) is 34.7. The Morgan fingerprint density at radius 3 is 1.52 bits per heavy atom. The summed E-state index contributed by atoms with van der Waals surface area (Å²) in [7, 11) is -4.60. The van der Waals surface area contributed by atoms with Crippen LogP contribution in [0.3, 0.4) is 0 Å². The first-order chi connectivity index (χ1) is 27.0. The third kappa shape index (κ3) is 28.5. The first kappa shape index (κ1) is 52.1. The summed E-state index contributed by atoms with van der Waals surface area (Å²) < 4.78 is 53.9. The molecular weight excluding hydrogens is 741 g/mol. The van der Waals surface area contributed by atoms with Crippen LogP contribution in [-0.2, 0) is 38.7 Å². The van der Waals surface area contributed by atoms with E-state index in [0.29, 0.717) is 12.8 Å².